The Bertz CT molecular complexity index is 1080. The Morgan fingerprint density at radius 1 is 1.40 bits per heavy atom. The highest BCUT2D eigenvalue weighted by atomic mass is 19.1. The zero-order valence-corrected chi connectivity index (χ0v) is 16.1. The number of carbonyl (C=O) groups excluding carboxylic acids is 2. The van der Waals surface area contributed by atoms with Crippen molar-refractivity contribution < 1.29 is 28.2 Å². The summed E-state index contributed by atoms with van der Waals surface area (Å²) in [6, 6.07) is 1.93. The molecule has 0 spiro atoms. The quantitative estimate of drug-likeness (QED) is 0.617. The van der Waals surface area contributed by atoms with Crippen LogP contribution in [0, 0.1) is 11.3 Å². The lowest BCUT2D eigenvalue weighted by Gasteiger charge is -2.19. The normalized spacial score (nSPS) is 23.3. The predicted molar refractivity (Wildman–Crippen MR) is 97.4 cm³/mol. The van der Waals surface area contributed by atoms with E-state index in [4.69, 9.17) is 25.2 Å². The summed E-state index contributed by atoms with van der Waals surface area (Å²) in [7, 11) is 0. The fourth-order valence-corrected chi connectivity index (χ4v) is 3.23. The van der Waals surface area contributed by atoms with Crippen molar-refractivity contribution in [1.29, 1.82) is 5.26 Å². The largest absolute Gasteiger partial charge is 0.463 e. The maximum absolute atomic E-state index is 15.0. The van der Waals surface area contributed by atoms with Crippen LogP contribution in [0.25, 0.3) is 11.2 Å². The highest BCUT2D eigenvalue weighted by Gasteiger charge is 2.50. The van der Waals surface area contributed by atoms with Crippen LogP contribution in [0.3, 0.4) is 0 Å². The van der Waals surface area contributed by atoms with Gasteiger partial charge in [0.1, 0.15) is 18.2 Å². The number of anilines is 1. The fraction of sp³-hybridized carbons (Fsp3) is 0.529. The van der Waals surface area contributed by atoms with Gasteiger partial charge < -0.3 is 19.9 Å². The van der Waals surface area contributed by atoms with Gasteiger partial charge in [0.15, 0.2) is 24.2 Å². The van der Waals surface area contributed by atoms with Crippen molar-refractivity contribution in [3.05, 3.63) is 16.7 Å². The van der Waals surface area contributed by atoms with Crippen molar-refractivity contribution in [2.75, 3.05) is 12.3 Å². The second-order valence-corrected chi connectivity index (χ2v) is 6.54. The number of nitrogens with zero attached hydrogens (tertiary/aromatic N) is 5. The number of carbonyl (C=O) groups is 2. The molecule has 1 aliphatic heterocycles. The zero-order valence-electron chi connectivity index (χ0n) is 16.1. The fourth-order valence-electron chi connectivity index (χ4n) is 3.23. The van der Waals surface area contributed by atoms with E-state index in [0.717, 1.165) is 18.4 Å². The van der Waals surface area contributed by atoms with E-state index >= 15 is 4.39 Å². The first-order valence-corrected chi connectivity index (χ1v) is 8.95. The van der Waals surface area contributed by atoms with E-state index in [2.05, 4.69) is 9.97 Å². The number of ether oxygens (including phenoxy) is 3. The summed E-state index contributed by atoms with van der Waals surface area (Å²) in [5.41, 5.74) is 5.23. The summed E-state index contributed by atoms with van der Waals surface area (Å²) in [5.74, 6) is -1.59. The molecule has 0 bridgehead atoms. The molecule has 0 saturated carbocycles. The molecule has 1 aliphatic rings. The van der Waals surface area contributed by atoms with E-state index in [1.165, 1.54) is 10.8 Å². The van der Waals surface area contributed by atoms with Crippen molar-refractivity contribution in [1.82, 2.24) is 19.1 Å². The standard InChI is InChI=1S/C17H19FN6O6/c1-8(25)28-7-11-12(18)13(29-9(2)26)15(30-11)24-14-10(6-21-16(20)22-14)23(17(24)27)5-3-4-19/h6,11-13,15H,3,5,7H2,1-2H3,(H2,20,21,22)/t11-,12-,13-,15-/m1/s1. The average molecular weight is 422 g/mol. The van der Waals surface area contributed by atoms with E-state index < -0.39 is 48.8 Å². The SMILES string of the molecule is CC(=O)OC[C@H]1O[C@@H](n2c(=O)n(CCC#N)c3cnc(N)nc32)[C@H](OC(C)=O)[C@@H]1F. The van der Waals surface area contributed by atoms with Crippen LogP contribution in [0.15, 0.2) is 11.0 Å². The number of halogens is 1. The molecule has 3 rings (SSSR count). The molecule has 3 heterocycles. The molecule has 160 valence electrons. The van der Waals surface area contributed by atoms with Crippen LogP contribution in [0.2, 0.25) is 0 Å². The summed E-state index contributed by atoms with van der Waals surface area (Å²) in [6.07, 6.45) is -4.77. The molecule has 12 nitrogen and oxygen atoms in total. The summed E-state index contributed by atoms with van der Waals surface area (Å²) in [4.78, 5) is 43.6. The lowest BCUT2D eigenvalue weighted by molar-refractivity contribution is -0.154. The van der Waals surface area contributed by atoms with Gasteiger partial charge in [-0.1, -0.05) is 0 Å². The lowest BCUT2D eigenvalue weighted by Crippen LogP contribution is -2.37. The van der Waals surface area contributed by atoms with E-state index in [-0.39, 0.29) is 30.1 Å². The third kappa shape index (κ3) is 3.94. The van der Waals surface area contributed by atoms with E-state index in [1.54, 1.807) is 0 Å². The average Bonchev–Trinajstić information content (AvgIpc) is 3.11. The van der Waals surface area contributed by atoms with Crippen molar-refractivity contribution in [2.45, 2.75) is 51.4 Å². The molecular weight excluding hydrogens is 403 g/mol. The van der Waals surface area contributed by atoms with Gasteiger partial charge >= 0.3 is 17.6 Å². The number of aromatic nitrogens is 4. The minimum atomic E-state index is -1.89. The number of aryl methyl sites for hydroxylation is 1. The van der Waals surface area contributed by atoms with Gasteiger partial charge in [0.2, 0.25) is 5.95 Å². The smallest absolute Gasteiger partial charge is 0.332 e. The van der Waals surface area contributed by atoms with Crippen LogP contribution in [0.5, 0.6) is 0 Å². The molecular formula is C17H19FN6O6. The third-order valence-corrected chi connectivity index (χ3v) is 4.44. The highest BCUT2D eigenvalue weighted by molar-refractivity contribution is 5.72. The van der Waals surface area contributed by atoms with Gasteiger partial charge in [0, 0.05) is 20.4 Å². The highest BCUT2D eigenvalue weighted by Crippen LogP contribution is 2.35. The number of nitrogens with two attached hydrogens (primary N) is 1. The van der Waals surface area contributed by atoms with Gasteiger partial charge in [-0.05, 0) is 0 Å². The molecule has 0 amide bonds. The molecule has 30 heavy (non-hydrogen) atoms. The van der Waals surface area contributed by atoms with E-state index in [9.17, 15) is 14.4 Å². The first-order chi connectivity index (χ1) is 14.2. The Morgan fingerprint density at radius 3 is 2.77 bits per heavy atom. The topological polar surface area (TPSA) is 164 Å². The number of alkyl halides is 1. The second-order valence-electron chi connectivity index (χ2n) is 6.54. The summed E-state index contributed by atoms with van der Waals surface area (Å²) in [6.45, 7) is 1.81. The number of imidazole rings is 1. The molecule has 0 radical (unpaired) electrons. The van der Waals surface area contributed by atoms with Crippen LogP contribution in [-0.2, 0) is 30.3 Å². The van der Waals surface area contributed by atoms with E-state index in [1.807, 2.05) is 6.07 Å². The second kappa shape index (κ2) is 8.46. The molecule has 0 aromatic carbocycles. The molecule has 2 aromatic heterocycles. The number of fused-ring (bicyclic) bond motifs is 1. The minimum Gasteiger partial charge on any atom is -0.463 e. The summed E-state index contributed by atoms with van der Waals surface area (Å²) < 4.78 is 32.7. The minimum absolute atomic E-state index is 0.0170. The zero-order chi connectivity index (χ0) is 22.0. The van der Waals surface area contributed by atoms with Crippen molar-refractivity contribution >= 4 is 29.1 Å². The first-order valence-electron chi connectivity index (χ1n) is 8.95. The molecule has 2 N–H and O–H groups in total. The van der Waals surface area contributed by atoms with Gasteiger partial charge in [0.25, 0.3) is 0 Å². The molecule has 13 heteroatoms. The Morgan fingerprint density at radius 2 is 2.13 bits per heavy atom. The van der Waals surface area contributed by atoms with Gasteiger partial charge in [-0.3, -0.25) is 14.2 Å². The predicted octanol–water partition coefficient (Wildman–Crippen LogP) is -0.181. The number of hydrogen-bond acceptors (Lipinski definition) is 10. The van der Waals surface area contributed by atoms with Gasteiger partial charge in [-0.15, -0.1) is 0 Å². The Kier molecular flexibility index (Phi) is 5.97. The molecule has 0 unspecified atom stereocenters. The van der Waals surface area contributed by atoms with Crippen LogP contribution in [0.4, 0.5) is 10.3 Å². The maximum Gasteiger partial charge on any atom is 0.332 e. The van der Waals surface area contributed by atoms with Crippen LogP contribution in [0.1, 0.15) is 26.5 Å². The first kappa shape index (κ1) is 21.2. The Balaban J connectivity index is 2.11. The molecule has 0 aliphatic carbocycles. The molecule has 4 atom stereocenters. The number of rotatable bonds is 6. The van der Waals surface area contributed by atoms with Crippen molar-refractivity contribution in [2.24, 2.45) is 0 Å². The Labute approximate surface area is 168 Å². The summed E-state index contributed by atoms with van der Waals surface area (Å²) >= 11 is 0. The van der Waals surface area contributed by atoms with E-state index in [0.29, 0.717) is 0 Å². The monoisotopic (exact) mass is 422 g/mol. The number of hydrogen-bond donors (Lipinski definition) is 1. The van der Waals surface area contributed by atoms with Crippen LogP contribution in [-0.4, -0.2) is 56.0 Å². The number of nitrogen functional groups attached to an aromatic ring is 1. The van der Waals surface area contributed by atoms with Crippen LogP contribution >= 0.6 is 0 Å². The number of nitriles is 1. The Hall–Kier alpha value is -3.53. The van der Waals surface area contributed by atoms with Crippen LogP contribution < -0.4 is 11.4 Å². The van der Waals surface area contributed by atoms with Gasteiger partial charge in [-0.2, -0.15) is 10.2 Å². The van der Waals surface area contributed by atoms with Crippen molar-refractivity contribution in [3.63, 3.8) is 0 Å². The van der Waals surface area contributed by atoms with Crippen molar-refractivity contribution in [3.8, 4) is 6.07 Å². The lowest BCUT2D eigenvalue weighted by atomic mass is 10.1. The van der Waals surface area contributed by atoms with Gasteiger partial charge in [0.05, 0.1) is 18.7 Å². The molecule has 1 fully saturated rings. The molecule has 2 aromatic rings. The maximum atomic E-state index is 15.0. The van der Waals surface area contributed by atoms with Gasteiger partial charge in [-0.25, -0.2) is 18.7 Å². The summed E-state index contributed by atoms with van der Waals surface area (Å²) in [5, 5.41) is 8.87. The molecule has 1 saturated heterocycles. The number of esters is 2. The third-order valence-electron chi connectivity index (χ3n) is 4.44.